The van der Waals surface area contributed by atoms with E-state index in [0.29, 0.717) is 5.69 Å². The zero-order valence-electron chi connectivity index (χ0n) is 20.2. The maximum absolute atomic E-state index is 12.9. The molecule has 1 aliphatic heterocycles. The van der Waals surface area contributed by atoms with Gasteiger partial charge in [-0.15, -0.1) is 3.89 Å². The molecule has 37 heavy (non-hydrogen) atoms. The van der Waals surface area contributed by atoms with Gasteiger partial charge in [0.1, 0.15) is 5.66 Å². The van der Waals surface area contributed by atoms with E-state index in [0.717, 1.165) is 23.4 Å². The van der Waals surface area contributed by atoms with Gasteiger partial charge in [0.25, 0.3) is 10.1 Å². The maximum Gasteiger partial charge on any atom is 0.332 e. The Balaban J connectivity index is 0.000000717. The Kier molecular flexibility index (Phi) is 9.18. The lowest BCUT2D eigenvalue weighted by Gasteiger charge is -2.38. The molecule has 2 aromatic carbocycles. The van der Waals surface area contributed by atoms with Crippen LogP contribution >= 0.6 is 0 Å². The van der Waals surface area contributed by atoms with E-state index in [-0.39, 0.29) is 24.2 Å². The molecule has 0 saturated carbocycles. The molecule has 3 rings (SSSR count). The Bertz CT molecular complexity index is 1390. The van der Waals surface area contributed by atoms with Crippen molar-refractivity contribution >= 4 is 49.7 Å². The molecule has 0 unspecified atom stereocenters. The molecule has 1 heterocycles. The van der Waals surface area contributed by atoms with E-state index in [9.17, 15) is 25.5 Å². The second-order valence-electron chi connectivity index (χ2n) is 8.08. The topological polar surface area (TPSA) is 210 Å². The number of anilines is 2. The van der Waals surface area contributed by atoms with Crippen LogP contribution in [0.4, 0.5) is 20.1 Å². The van der Waals surface area contributed by atoms with Crippen LogP contribution in [0.15, 0.2) is 63.4 Å². The largest absolute Gasteiger partial charge is 0.369 e. The summed E-state index contributed by atoms with van der Waals surface area (Å²) in [7, 11) is -8.44. The van der Waals surface area contributed by atoms with Crippen LogP contribution in [0.1, 0.15) is 26.3 Å². The van der Waals surface area contributed by atoms with E-state index in [4.69, 9.17) is 16.0 Å². The summed E-state index contributed by atoms with van der Waals surface area (Å²) in [6, 6.07) is 11.5. The monoisotopic (exact) mass is 557 g/mol. The van der Waals surface area contributed by atoms with Crippen LogP contribution in [0.2, 0.25) is 0 Å². The summed E-state index contributed by atoms with van der Waals surface area (Å²) in [5.74, 6) is 0.147. The Morgan fingerprint density at radius 2 is 1.59 bits per heavy atom. The highest BCUT2D eigenvalue weighted by Crippen LogP contribution is 2.27. The van der Waals surface area contributed by atoms with Crippen molar-refractivity contribution in [1.29, 1.82) is 0 Å². The van der Waals surface area contributed by atoms with Crippen molar-refractivity contribution in [3.63, 3.8) is 0 Å². The molecule has 0 spiro atoms. The van der Waals surface area contributed by atoms with Crippen LogP contribution in [0.3, 0.4) is 0 Å². The molecule has 0 atom stereocenters. The highest BCUT2D eigenvalue weighted by Gasteiger charge is 2.32. The molecule has 7 N–H and O–H groups in total. The van der Waals surface area contributed by atoms with Gasteiger partial charge in [-0.05, 0) is 62.7 Å². The molecule has 0 aliphatic carbocycles. The van der Waals surface area contributed by atoms with Crippen LogP contribution < -0.4 is 27.0 Å². The summed E-state index contributed by atoms with van der Waals surface area (Å²) in [4.78, 5) is 21.6. The zero-order chi connectivity index (χ0) is 28.0. The lowest BCUT2D eigenvalue weighted by molar-refractivity contribution is 0.251. The van der Waals surface area contributed by atoms with Crippen LogP contribution in [0.5, 0.6) is 0 Å². The van der Waals surface area contributed by atoms with E-state index in [1.54, 1.807) is 4.90 Å². The number of amides is 2. The standard InChI is InChI=1S/C19H22FN7O3S.C2H6O3S/c1-19(2)26-16(21)25-17(22)27(19)14-7-3-12(4-8-14)11-23-18(28)24-13-5-9-15(10-6-13)31(20,29)30;1-2-6(3,4)5/h3-10H,11H2,1-2H3,(H2,23,24,28)(H4,21,22,25,26);2H2,1H3,(H,3,4,5). The predicted molar refractivity (Wildman–Crippen MR) is 139 cm³/mol. The normalized spacial score (nSPS) is 15.0. The van der Waals surface area contributed by atoms with E-state index in [1.165, 1.54) is 19.1 Å². The van der Waals surface area contributed by atoms with Crippen molar-refractivity contribution in [2.75, 3.05) is 16.0 Å². The second-order valence-corrected chi connectivity index (χ2v) is 11.2. The maximum atomic E-state index is 12.9. The van der Waals surface area contributed by atoms with Crippen molar-refractivity contribution in [1.82, 2.24) is 5.32 Å². The fourth-order valence-corrected chi connectivity index (χ4v) is 3.53. The van der Waals surface area contributed by atoms with E-state index >= 15 is 0 Å². The first-order chi connectivity index (χ1) is 17.0. The number of hydrogen-bond donors (Lipinski definition) is 5. The van der Waals surface area contributed by atoms with Crippen molar-refractivity contribution in [3.05, 3.63) is 54.1 Å². The van der Waals surface area contributed by atoms with Gasteiger partial charge in [0, 0.05) is 17.9 Å². The van der Waals surface area contributed by atoms with Crippen LogP contribution in [0.25, 0.3) is 0 Å². The minimum atomic E-state index is -4.78. The number of nitrogens with zero attached hydrogens (tertiary/aromatic N) is 3. The first-order valence-electron chi connectivity index (χ1n) is 10.7. The fraction of sp³-hybridized carbons (Fsp3) is 0.286. The molecule has 0 saturated heterocycles. The van der Waals surface area contributed by atoms with Gasteiger partial charge < -0.3 is 22.1 Å². The Hall–Kier alpha value is -3.76. The van der Waals surface area contributed by atoms with Gasteiger partial charge in [0.15, 0.2) is 0 Å². The number of nitrogens with one attached hydrogen (secondary N) is 2. The molecule has 0 fully saturated rings. The van der Waals surface area contributed by atoms with E-state index < -0.39 is 36.9 Å². The number of guanidine groups is 2. The summed E-state index contributed by atoms with van der Waals surface area (Å²) in [5.41, 5.74) is 12.9. The lowest BCUT2D eigenvalue weighted by atomic mass is 10.1. The first-order valence-corrected chi connectivity index (χ1v) is 13.6. The van der Waals surface area contributed by atoms with Crippen LogP contribution in [0, 0.1) is 0 Å². The Morgan fingerprint density at radius 3 is 2.05 bits per heavy atom. The smallest absolute Gasteiger partial charge is 0.332 e. The molecule has 0 radical (unpaired) electrons. The van der Waals surface area contributed by atoms with Gasteiger partial charge >= 0.3 is 16.3 Å². The highest BCUT2D eigenvalue weighted by atomic mass is 32.3. The number of benzene rings is 2. The molecular formula is C21H28FN7O6S2. The molecule has 1 aliphatic rings. The van der Waals surface area contributed by atoms with Gasteiger partial charge in [-0.2, -0.15) is 21.8 Å². The number of halogens is 1. The van der Waals surface area contributed by atoms with Crippen LogP contribution in [-0.4, -0.2) is 50.8 Å². The molecule has 13 nitrogen and oxygen atoms in total. The molecule has 202 valence electrons. The number of nitrogens with two attached hydrogens (primary N) is 2. The summed E-state index contributed by atoms with van der Waals surface area (Å²) in [6.45, 7) is 5.32. The molecule has 0 bridgehead atoms. The van der Waals surface area contributed by atoms with Crippen molar-refractivity contribution in [2.45, 2.75) is 37.9 Å². The van der Waals surface area contributed by atoms with Gasteiger partial charge in [-0.1, -0.05) is 12.1 Å². The third-order valence-electron chi connectivity index (χ3n) is 4.80. The second kappa shape index (κ2) is 11.5. The summed E-state index contributed by atoms with van der Waals surface area (Å²) in [5, 5.41) is 5.22. The Labute approximate surface area is 214 Å². The molecule has 16 heteroatoms. The molecule has 2 aromatic rings. The van der Waals surface area contributed by atoms with Gasteiger partial charge in [0.05, 0.1) is 10.6 Å². The number of urea groups is 1. The van der Waals surface area contributed by atoms with Crippen molar-refractivity contribution in [2.24, 2.45) is 21.5 Å². The molecule has 0 aromatic heterocycles. The van der Waals surface area contributed by atoms with E-state index in [2.05, 4.69) is 20.6 Å². The molecular weight excluding hydrogens is 529 g/mol. The van der Waals surface area contributed by atoms with Crippen molar-refractivity contribution < 1.29 is 30.1 Å². The number of aliphatic imine (C=N–C) groups is 2. The summed E-state index contributed by atoms with van der Waals surface area (Å²) < 4.78 is 61.5. The molecule has 2 amide bonds. The van der Waals surface area contributed by atoms with Gasteiger partial charge in [-0.3, -0.25) is 9.45 Å². The fourth-order valence-electron chi connectivity index (χ4n) is 3.07. The third-order valence-corrected chi connectivity index (χ3v) is 6.36. The number of carbonyl (C=O) groups is 1. The zero-order valence-corrected chi connectivity index (χ0v) is 21.8. The number of rotatable bonds is 6. The summed E-state index contributed by atoms with van der Waals surface area (Å²) in [6.07, 6.45) is 0. The third kappa shape index (κ3) is 9.00. The SMILES string of the molecule is CC1(C)N=C(N)N=C(N)N1c1ccc(CNC(=O)Nc2ccc(S(=O)(=O)F)cc2)cc1.CCS(=O)(=O)O. The quantitative estimate of drug-likeness (QED) is 0.258. The van der Waals surface area contributed by atoms with Gasteiger partial charge in [-0.25, -0.2) is 9.79 Å². The average Bonchev–Trinajstić information content (AvgIpc) is 2.77. The van der Waals surface area contributed by atoms with Crippen LogP contribution in [-0.2, 0) is 26.9 Å². The Morgan fingerprint density at radius 1 is 1.05 bits per heavy atom. The minimum Gasteiger partial charge on any atom is -0.369 e. The minimum absolute atomic E-state index is 0.117. The van der Waals surface area contributed by atoms with Gasteiger partial charge in [0.2, 0.25) is 11.9 Å². The van der Waals surface area contributed by atoms with Crippen molar-refractivity contribution in [3.8, 4) is 0 Å². The number of hydrogen-bond acceptors (Lipinski definition) is 10. The highest BCUT2D eigenvalue weighted by molar-refractivity contribution is 7.86. The average molecular weight is 558 g/mol. The number of carbonyl (C=O) groups excluding carboxylic acids is 1. The lowest BCUT2D eigenvalue weighted by Crippen LogP contribution is -2.54. The van der Waals surface area contributed by atoms with E-state index in [1.807, 2.05) is 38.1 Å². The first kappa shape index (κ1) is 29.5. The predicted octanol–water partition coefficient (Wildman–Crippen LogP) is 1.75. The summed E-state index contributed by atoms with van der Waals surface area (Å²) >= 11 is 0.